The third-order valence-corrected chi connectivity index (χ3v) is 5.39. The molecule has 0 N–H and O–H groups in total. The number of hydrogen-bond donors (Lipinski definition) is 0. The van der Waals surface area contributed by atoms with Crippen molar-refractivity contribution in [3.63, 3.8) is 0 Å². The number of rotatable bonds is 3. The van der Waals surface area contributed by atoms with E-state index in [0.29, 0.717) is 0 Å². The topological polar surface area (TPSA) is 6.48 Å². The van der Waals surface area contributed by atoms with Gasteiger partial charge < -0.3 is 9.80 Å². The van der Waals surface area contributed by atoms with Gasteiger partial charge in [0.2, 0.25) is 0 Å². The molecule has 0 bridgehead atoms. The molecule has 1 heterocycles. The van der Waals surface area contributed by atoms with E-state index in [-0.39, 0.29) is 0 Å². The quantitative estimate of drug-likeness (QED) is 0.670. The normalized spacial score (nSPS) is 13.3. The molecule has 3 heteroatoms. The molecular weight excluding hydrogens is 300 g/mol. The number of nitrogens with zero attached hydrogens (tertiary/aromatic N) is 2. The van der Waals surface area contributed by atoms with E-state index in [9.17, 15) is 0 Å². The maximum atomic E-state index is 2.49. The van der Waals surface area contributed by atoms with E-state index in [1.165, 1.54) is 31.9 Å². The van der Waals surface area contributed by atoms with Crippen molar-refractivity contribution >= 4 is 33.9 Å². The third kappa shape index (κ3) is 2.60. The molecule has 0 fully saturated rings. The lowest BCUT2D eigenvalue weighted by molar-refractivity contribution is 0.418. The second-order valence-corrected chi connectivity index (χ2v) is 7.24. The molecule has 0 saturated heterocycles. The van der Waals surface area contributed by atoms with E-state index in [1.54, 1.807) is 0 Å². The molecular formula is C20H20N2S. The van der Waals surface area contributed by atoms with Crippen molar-refractivity contribution in [3.8, 4) is 0 Å². The molecule has 4 rings (SSSR count). The van der Waals surface area contributed by atoms with Crippen LogP contribution >= 0.6 is 11.8 Å². The Kier molecular flexibility index (Phi) is 3.76. The van der Waals surface area contributed by atoms with Crippen molar-refractivity contribution in [2.45, 2.75) is 9.79 Å². The van der Waals surface area contributed by atoms with E-state index in [2.05, 4.69) is 84.6 Å². The molecule has 0 atom stereocenters. The zero-order valence-corrected chi connectivity index (χ0v) is 14.3. The van der Waals surface area contributed by atoms with Gasteiger partial charge in [-0.2, -0.15) is 0 Å². The highest BCUT2D eigenvalue weighted by atomic mass is 32.2. The number of para-hydroxylation sites is 1. The second kappa shape index (κ2) is 5.91. The van der Waals surface area contributed by atoms with Crippen LogP contribution in [0.1, 0.15) is 0 Å². The summed E-state index contributed by atoms with van der Waals surface area (Å²) in [6.07, 6.45) is 0. The summed E-state index contributed by atoms with van der Waals surface area (Å²) in [7, 11) is 4.27. The molecule has 0 aliphatic carbocycles. The second-order valence-electron chi connectivity index (χ2n) is 6.16. The molecule has 1 aliphatic heterocycles. The first-order valence-electron chi connectivity index (χ1n) is 7.95. The SMILES string of the molecule is CN(C)CCN1c2ccccc2Sc2ccc3ccccc3c21. The Morgan fingerprint density at radius 1 is 0.870 bits per heavy atom. The molecule has 0 spiro atoms. The van der Waals surface area contributed by atoms with Crippen LogP contribution in [0.2, 0.25) is 0 Å². The van der Waals surface area contributed by atoms with Crippen LogP contribution in [0, 0.1) is 0 Å². The summed E-state index contributed by atoms with van der Waals surface area (Å²) in [6.45, 7) is 2.02. The fourth-order valence-corrected chi connectivity index (χ4v) is 4.25. The van der Waals surface area contributed by atoms with Gasteiger partial charge in [0, 0.05) is 28.3 Å². The largest absolute Gasteiger partial charge is 0.338 e. The van der Waals surface area contributed by atoms with E-state index in [0.717, 1.165) is 13.1 Å². The smallest absolute Gasteiger partial charge is 0.0632 e. The summed E-state index contributed by atoms with van der Waals surface area (Å²) in [4.78, 5) is 7.42. The molecule has 3 aromatic rings. The van der Waals surface area contributed by atoms with Crippen LogP contribution in [0.15, 0.2) is 70.5 Å². The Morgan fingerprint density at radius 3 is 2.52 bits per heavy atom. The van der Waals surface area contributed by atoms with Crippen molar-refractivity contribution in [1.29, 1.82) is 0 Å². The predicted molar refractivity (Wildman–Crippen MR) is 100 cm³/mol. The summed E-state index contributed by atoms with van der Waals surface area (Å²) >= 11 is 1.88. The standard InChI is InChI=1S/C20H20N2S/c1-21(2)13-14-22-17-9-5-6-10-18(17)23-19-12-11-15-7-3-4-8-16(15)20(19)22/h3-12H,13-14H2,1-2H3. The van der Waals surface area contributed by atoms with Gasteiger partial charge in [0.05, 0.1) is 11.4 Å². The fraction of sp³-hybridized carbons (Fsp3) is 0.200. The first kappa shape index (κ1) is 14.6. The lowest BCUT2D eigenvalue weighted by Crippen LogP contribution is -2.30. The third-order valence-electron chi connectivity index (χ3n) is 4.28. The van der Waals surface area contributed by atoms with Crippen LogP contribution in [0.25, 0.3) is 10.8 Å². The van der Waals surface area contributed by atoms with Crippen LogP contribution < -0.4 is 4.90 Å². The molecule has 0 radical (unpaired) electrons. The van der Waals surface area contributed by atoms with E-state index >= 15 is 0 Å². The Bertz CT molecular complexity index is 857. The first-order chi connectivity index (χ1) is 11.2. The molecule has 0 aromatic heterocycles. The zero-order valence-electron chi connectivity index (χ0n) is 13.5. The first-order valence-corrected chi connectivity index (χ1v) is 8.76. The number of benzene rings is 3. The summed E-state index contributed by atoms with van der Waals surface area (Å²) < 4.78 is 0. The van der Waals surface area contributed by atoms with E-state index < -0.39 is 0 Å². The minimum Gasteiger partial charge on any atom is -0.338 e. The molecule has 0 saturated carbocycles. The highest BCUT2D eigenvalue weighted by molar-refractivity contribution is 7.99. The molecule has 0 unspecified atom stereocenters. The fourth-order valence-electron chi connectivity index (χ4n) is 3.13. The summed E-state index contributed by atoms with van der Waals surface area (Å²) in [5, 5.41) is 2.65. The van der Waals surface area contributed by atoms with Gasteiger partial charge in [0.25, 0.3) is 0 Å². The van der Waals surface area contributed by atoms with Gasteiger partial charge >= 0.3 is 0 Å². The molecule has 23 heavy (non-hydrogen) atoms. The Labute approximate surface area is 141 Å². The highest BCUT2D eigenvalue weighted by Gasteiger charge is 2.24. The minimum atomic E-state index is 0.992. The number of hydrogen-bond acceptors (Lipinski definition) is 3. The zero-order chi connectivity index (χ0) is 15.8. The van der Waals surface area contributed by atoms with Gasteiger partial charge in [0.15, 0.2) is 0 Å². The van der Waals surface area contributed by atoms with Crippen molar-refractivity contribution in [2.24, 2.45) is 0 Å². The Balaban J connectivity index is 1.91. The average Bonchev–Trinajstić information content (AvgIpc) is 2.58. The maximum absolute atomic E-state index is 2.49. The van der Waals surface area contributed by atoms with Gasteiger partial charge in [-0.15, -0.1) is 0 Å². The highest BCUT2D eigenvalue weighted by Crippen LogP contribution is 2.50. The number of anilines is 2. The van der Waals surface area contributed by atoms with Gasteiger partial charge in [-0.1, -0.05) is 54.2 Å². The summed E-state index contributed by atoms with van der Waals surface area (Å²) in [5.41, 5.74) is 2.68. The van der Waals surface area contributed by atoms with Crippen molar-refractivity contribution in [1.82, 2.24) is 4.90 Å². The average molecular weight is 320 g/mol. The van der Waals surface area contributed by atoms with Crippen LogP contribution in [0.3, 0.4) is 0 Å². The van der Waals surface area contributed by atoms with E-state index in [4.69, 9.17) is 0 Å². The van der Waals surface area contributed by atoms with Gasteiger partial charge in [-0.05, 0) is 37.7 Å². The van der Waals surface area contributed by atoms with E-state index in [1.807, 2.05) is 11.8 Å². The van der Waals surface area contributed by atoms with Gasteiger partial charge in [0.1, 0.15) is 0 Å². The molecule has 1 aliphatic rings. The lowest BCUT2D eigenvalue weighted by Gasteiger charge is -2.34. The minimum absolute atomic E-state index is 0.992. The van der Waals surface area contributed by atoms with Crippen molar-refractivity contribution < 1.29 is 0 Å². The number of fused-ring (bicyclic) bond motifs is 4. The monoisotopic (exact) mass is 320 g/mol. The number of likely N-dealkylation sites (N-methyl/N-ethyl adjacent to an activating group) is 1. The molecule has 0 amide bonds. The molecule has 116 valence electrons. The van der Waals surface area contributed by atoms with Crippen LogP contribution in [0.4, 0.5) is 11.4 Å². The van der Waals surface area contributed by atoms with Gasteiger partial charge in [-0.3, -0.25) is 0 Å². The van der Waals surface area contributed by atoms with Crippen molar-refractivity contribution in [3.05, 3.63) is 60.7 Å². The molecule has 3 aromatic carbocycles. The lowest BCUT2D eigenvalue weighted by atomic mass is 10.1. The van der Waals surface area contributed by atoms with Crippen LogP contribution in [-0.2, 0) is 0 Å². The Morgan fingerprint density at radius 2 is 1.65 bits per heavy atom. The van der Waals surface area contributed by atoms with Gasteiger partial charge in [-0.25, -0.2) is 0 Å². The van der Waals surface area contributed by atoms with Crippen LogP contribution in [0.5, 0.6) is 0 Å². The maximum Gasteiger partial charge on any atom is 0.0632 e. The summed E-state index contributed by atoms with van der Waals surface area (Å²) in [5.74, 6) is 0. The Hall–Kier alpha value is -1.97. The summed E-state index contributed by atoms with van der Waals surface area (Å²) in [6, 6.07) is 21.9. The van der Waals surface area contributed by atoms with Crippen molar-refractivity contribution in [2.75, 3.05) is 32.1 Å². The predicted octanol–water partition coefficient (Wildman–Crippen LogP) is 5.00. The molecule has 2 nitrogen and oxygen atoms in total. The van der Waals surface area contributed by atoms with Crippen LogP contribution in [-0.4, -0.2) is 32.1 Å².